The number of methoxy groups -OCH3 is 1. The molecule has 0 radical (unpaired) electrons. The van der Waals surface area contributed by atoms with Crippen LogP contribution < -0.4 is 15.6 Å². The van der Waals surface area contributed by atoms with E-state index in [1.807, 2.05) is 48.5 Å². The quantitative estimate of drug-likeness (QED) is 0.472. The van der Waals surface area contributed by atoms with E-state index in [1.165, 1.54) is 0 Å². The van der Waals surface area contributed by atoms with Gasteiger partial charge in [-0.1, -0.05) is 30.3 Å². The van der Waals surface area contributed by atoms with E-state index in [9.17, 15) is 9.59 Å². The summed E-state index contributed by atoms with van der Waals surface area (Å²) in [7, 11) is 1.62. The van der Waals surface area contributed by atoms with Crippen molar-refractivity contribution in [3.05, 3.63) is 70.8 Å². The van der Waals surface area contributed by atoms with Crippen LogP contribution in [0, 0.1) is 0 Å². The number of hydrogen-bond donors (Lipinski definition) is 1. The van der Waals surface area contributed by atoms with Crippen molar-refractivity contribution in [2.45, 2.75) is 32.0 Å². The van der Waals surface area contributed by atoms with Crippen molar-refractivity contribution in [3.8, 4) is 5.75 Å². The van der Waals surface area contributed by atoms with Crippen LogP contribution in [0.5, 0.6) is 5.75 Å². The molecule has 0 spiro atoms. The SMILES string of the molecule is COc1ccc(Cn2cnc3c4ccccc4n(CC(=O)NC[C@@H]4CCCO4)c3c2=O)cc1. The molecule has 1 saturated heterocycles. The largest absolute Gasteiger partial charge is 0.497 e. The Balaban J connectivity index is 1.49. The minimum atomic E-state index is -0.182. The fourth-order valence-electron chi connectivity index (χ4n) is 4.39. The third kappa shape index (κ3) is 4.21. The summed E-state index contributed by atoms with van der Waals surface area (Å²) < 4.78 is 14.1. The molecule has 0 bridgehead atoms. The molecule has 0 unspecified atom stereocenters. The first kappa shape index (κ1) is 21.2. The maximum absolute atomic E-state index is 13.5. The molecule has 33 heavy (non-hydrogen) atoms. The van der Waals surface area contributed by atoms with Crippen molar-refractivity contribution in [2.24, 2.45) is 0 Å². The van der Waals surface area contributed by atoms with Crippen molar-refractivity contribution >= 4 is 27.8 Å². The molecule has 5 rings (SSSR count). The van der Waals surface area contributed by atoms with Gasteiger partial charge in [-0.15, -0.1) is 0 Å². The fourth-order valence-corrected chi connectivity index (χ4v) is 4.39. The van der Waals surface area contributed by atoms with Crippen molar-refractivity contribution < 1.29 is 14.3 Å². The summed E-state index contributed by atoms with van der Waals surface area (Å²) >= 11 is 0. The number of nitrogens with zero attached hydrogens (tertiary/aromatic N) is 3. The first-order chi connectivity index (χ1) is 16.1. The van der Waals surface area contributed by atoms with E-state index in [0.29, 0.717) is 24.1 Å². The maximum atomic E-state index is 13.5. The van der Waals surface area contributed by atoms with Crippen LogP contribution in [0.15, 0.2) is 59.7 Å². The number of ether oxygens (including phenoxy) is 2. The lowest BCUT2D eigenvalue weighted by Crippen LogP contribution is -2.34. The predicted octanol–water partition coefficient (Wildman–Crippen LogP) is 2.70. The van der Waals surface area contributed by atoms with Crippen LogP contribution >= 0.6 is 0 Å². The van der Waals surface area contributed by atoms with E-state index >= 15 is 0 Å². The standard InChI is InChI=1S/C25H26N4O4/c1-32-18-10-8-17(9-11-18)14-28-16-27-23-20-6-2-3-7-21(20)29(24(23)25(28)31)15-22(30)26-13-19-5-4-12-33-19/h2-3,6-11,16,19H,4-5,12-15H2,1H3,(H,26,30)/t19-/m0/s1. The summed E-state index contributed by atoms with van der Waals surface area (Å²) in [5.74, 6) is 0.604. The molecule has 0 aliphatic carbocycles. The third-order valence-corrected chi connectivity index (χ3v) is 6.10. The molecular formula is C25H26N4O4. The number of para-hydroxylation sites is 1. The van der Waals surface area contributed by atoms with Gasteiger partial charge in [-0.25, -0.2) is 4.98 Å². The lowest BCUT2D eigenvalue weighted by atomic mass is 10.2. The molecule has 1 fully saturated rings. The second-order valence-corrected chi connectivity index (χ2v) is 8.27. The number of hydrogen-bond acceptors (Lipinski definition) is 5. The highest BCUT2D eigenvalue weighted by atomic mass is 16.5. The highest BCUT2D eigenvalue weighted by Gasteiger charge is 2.20. The number of aromatic nitrogens is 3. The van der Waals surface area contributed by atoms with Gasteiger partial charge in [0.05, 0.1) is 31.6 Å². The second kappa shape index (κ2) is 9.07. The Labute approximate surface area is 190 Å². The molecule has 1 aliphatic heterocycles. The van der Waals surface area contributed by atoms with Crippen LogP contribution in [0.3, 0.4) is 0 Å². The van der Waals surface area contributed by atoms with E-state index in [1.54, 1.807) is 22.6 Å². The van der Waals surface area contributed by atoms with Crippen LogP contribution in [0.4, 0.5) is 0 Å². The Morgan fingerprint density at radius 3 is 2.79 bits per heavy atom. The van der Waals surface area contributed by atoms with Gasteiger partial charge < -0.3 is 19.4 Å². The van der Waals surface area contributed by atoms with Gasteiger partial charge in [0.25, 0.3) is 5.56 Å². The minimum Gasteiger partial charge on any atom is -0.497 e. The summed E-state index contributed by atoms with van der Waals surface area (Å²) in [6, 6.07) is 15.2. The van der Waals surface area contributed by atoms with Crippen molar-refractivity contribution in [3.63, 3.8) is 0 Å². The Morgan fingerprint density at radius 2 is 2.03 bits per heavy atom. The van der Waals surface area contributed by atoms with Gasteiger partial charge in [-0.2, -0.15) is 0 Å². The van der Waals surface area contributed by atoms with Crippen LogP contribution in [0.2, 0.25) is 0 Å². The number of benzene rings is 2. The Bertz CT molecular complexity index is 1350. The van der Waals surface area contributed by atoms with Crippen molar-refractivity contribution in [1.82, 2.24) is 19.4 Å². The molecule has 1 aliphatic rings. The average molecular weight is 447 g/mol. The second-order valence-electron chi connectivity index (χ2n) is 8.27. The van der Waals surface area contributed by atoms with Gasteiger partial charge in [0.2, 0.25) is 5.91 Å². The molecule has 1 N–H and O–H groups in total. The normalized spacial score (nSPS) is 15.8. The third-order valence-electron chi connectivity index (χ3n) is 6.10. The molecule has 1 amide bonds. The molecule has 170 valence electrons. The first-order valence-electron chi connectivity index (χ1n) is 11.1. The Hall–Kier alpha value is -3.65. The van der Waals surface area contributed by atoms with E-state index in [4.69, 9.17) is 9.47 Å². The molecule has 3 heterocycles. The minimum absolute atomic E-state index is 0.0419. The summed E-state index contributed by atoms with van der Waals surface area (Å²) in [6.07, 6.45) is 3.61. The summed E-state index contributed by atoms with van der Waals surface area (Å²) in [5.41, 5.74) is 2.62. The average Bonchev–Trinajstić information content (AvgIpc) is 3.47. The van der Waals surface area contributed by atoms with Crippen LogP contribution in [0.25, 0.3) is 21.9 Å². The molecule has 1 atom stereocenters. The zero-order valence-electron chi connectivity index (χ0n) is 18.5. The summed E-state index contributed by atoms with van der Waals surface area (Å²) in [4.78, 5) is 30.9. The zero-order chi connectivity index (χ0) is 22.8. The van der Waals surface area contributed by atoms with Crippen LogP contribution in [-0.2, 0) is 22.6 Å². The highest BCUT2D eigenvalue weighted by molar-refractivity contribution is 6.06. The Kier molecular flexibility index (Phi) is 5.83. The molecule has 0 saturated carbocycles. The lowest BCUT2D eigenvalue weighted by Gasteiger charge is -2.12. The maximum Gasteiger partial charge on any atom is 0.278 e. The van der Waals surface area contributed by atoms with Gasteiger partial charge in [0, 0.05) is 18.5 Å². The number of fused-ring (bicyclic) bond motifs is 3. The van der Waals surface area contributed by atoms with Gasteiger partial charge in [0.15, 0.2) is 0 Å². The molecular weight excluding hydrogens is 420 g/mol. The fraction of sp³-hybridized carbons (Fsp3) is 0.320. The Morgan fingerprint density at radius 1 is 1.21 bits per heavy atom. The van der Waals surface area contributed by atoms with Gasteiger partial charge in [-0.05, 0) is 36.6 Å². The molecule has 2 aromatic carbocycles. The van der Waals surface area contributed by atoms with Crippen molar-refractivity contribution in [2.75, 3.05) is 20.3 Å². The lowest BCUT2D eigenvalue weighted by molar-refractivity contribution is -0.122. The zero-order valence-corrected chi connectivity index (χ0v) is 18.5. The number of nitrogens with one attached hydrogen (secondary N) is 1. The number of carbonyl (C=O) groups excluding carboxylic acids is 1. The topological polar surface area (TPSA) is 87.4 Å². The van der Waals surface area contributed by atoms with Crippen LogP contribution in [0.1, 0.15) is 18.4 Å². The van der Waals surface area contributed by atoms with Gasteiger partial charge in [-0.3, -0.25) is 14.2 Å². The summed E-state index contributed by atoms with van der Waals surface area (Å²) in [6.45, 7) is 1.64. The van der Waals surface area contributed by atoms with Gasteiger partial charge >= 0.3 is 0 Å². The smallest absolute Gasteiger partial charge is 0.278 e. The highest BCUT2D eigenvalue weighted by Crippen LogP contribution is 2.25. The predicted molar refractivity (Wildman–Crippen MR) is 126 cm³/mol. The monoisotopic (exact) mass is 446 g/mol. The molecule has 4 aromatic rings. The van der Waals surface area contributed by atoms with E-state index in [2.05, 4.69) is 10.3 Å². The first-order valence-corrected chi connectivity index (χ1v) is 11.1. The van der Waals surface area contributed by atoms with Crippen molar-refractivity contribution in [1.29, 1.82) is 0 Å². The number of carbonyl (C=O) groups is 1. The number of amides is 1. The van der Waals surface area contributed by atoms with E-state index < -0.39 is 0 Å². The number of rotatable bonds is 7. The van der Waals surface area contributed by atoms with E-state index in [0.717, 1.165) is 41.7 Å². The molecule has 2 aromatic heterocycles. The molecule has 8 heteroatoms. The van der Waals surface area contributed by atoms with Crippen LogP contribution in [-0.4, -0.2) is 46.4 Å². The van der Waals surface area contributed by atoms with Gasteiger partial charge in [0.1, 0.15) is 23.3 Å². The summed E-state index contributed by atoms with van der Waals surface area (Å²) in [5, 5.41) is 3.81. The van der Waals surface area contributed by atoms with E-state index in [-0.39, 0.29) is 24.1 Å². The molecule has 8 nitrogen and oxygen atoms in total.